The number of carbonyl (C=O) groups is 2. The summed E-state index contributed by atoms with van der Waals surface area (Å²) in [6.07, 6.45) is 3.87. The fourth-order valence-corrected chi connectivity index (χ4v) is 3.65. The average molecular weight is 330 g/mol. The fraction of sp³-hybridized carbons (Fsp3) is 0.556. The zero-order chi connectivity index (χ0) is 17.1. The quantitative estimate of drug-likeness (QED) is 0.888. The van der Waals surface area contributed by atoms with Gasteiger partial charge in [-0.1, -0.05) is 11.6 Å². The third-order valence-electron chi connectivity index (χ3n) is 4.96. The van der Waals surface area contributed by atoms with Gasteiger partial charge in [0.25, 0.3) is 5.91 Å². The van der Waals surface area contributed by atoms with E-state index in [1.807, 2.05) is 17.9 Å². The number of aryl methyl sites for hydroxylation is 1. The van der Waals surface area contributed by atoms with Crippen molar-refractivity contribution in [2.75, 3.05) is 31.1 Å². The molecule has 0 unspecified atom stereocenters. The molecule has 3 amide bonds. The van der Waals surface area contributed by atoms with Gasteiger partial charge >= 0.3 is 6.03 Å². The van der Waals surface area contributed by atoms with Crippen LogP contribution in [0.4, 0.5) is 10.5 Å². The lowest BCUT2D eigenvalue weighted by molar-refractivity contribution is 0.0709. The number of nitrogens with one attached hydrogen (secondary N) is 1. The van der Waals surface area contributed by atoms with E-state index in [0.717, 1.165) is 42.7 Å². The Hall–Kier alpha value is -2.24. The van der Waals surface area contributed by atoms with Crippen LogP contribution in [0.3, 0.4) is 0 Å². The molecule has 24 heavy (non-hydrogen) atoms. The number of piperidine rings is 1. The van der Waals surface area contributed by atoms with Crippen molar-refractivity contribution in [3.63, 3.8) is 0 Å². The molecule has 2 saturated heterocycles. The van der Waals surface area contributed by atoms with Gasteiger partial charge in [0, 0.05) is 37.9 Å². The number of amides is 3. The highest BCUT2D eigenvalue weighted by atomic mass is 16.2. The van der Waals surface area contributed by atoms with Gasteiger partial charge in [0.05, 0.1) is 5.56 Å². The van der Waals surface area contributed by atoms with Crippen LogP contribution in [0, 0.1) is 6.92 Å². The Kier molecular flexibility index (Phi) is 4.92. The zero-order valence-electron chi connectivity index (χ0n) is 14.3. The monoisotopic (exact) mass is 330 g/mol. The summed E-state index contributed by atoms with van der Waals surface area (Å²) in [6.45, 7) is 5.36. The molecule has 2 aliphatic heterocycles. The van der Waals surface area contributed by atoms with Crippen LogP contribution in [-0.2, 0) is 0 Å². The number of rotatable bonds is 3. The minimum absolute atomic E-state index is 0.0714. The van der Waals surface area contributed by atoms with E-state index in [0.29, 0.717) is 13.1 Å². The summed E-state index contributed by atoms with van der Waals surface area (Å²) in [5.74, 6) is 0.0955. The van der Waals surface area contributed by atoms with E-state index in [2.05, 4.69) is 22.3 Å². The molecule has 6 heteroatoms. The summed E-state index contributed by atoms with van der Waals surface area (Å²) >= 11 is 0. The molecule has 0 aromatic heterocycles. The summed E-state index contributed by atoms with van der Waals surface area (Å²) in [4.78, 5) is 28.2. The molecule has 2 heterocycles. The van der Waals surface area contributed by atoms with Gasteiger partial charge in [-0.25, -0.2) is 4.79 Å². The number of likely N-dealkylation sites (tertiary alicyclic amines) is 1. The first-order valence-electron chi connectivity index (χ1n) is 8.75. The Bertz CT molecular complexity index is 617. The van der Waals surface area contributed by atoms with Crippen LogP contribution in [0.25, 0.3) is 0 Å². The van der Waals surface area contributed by atoms with Crippen LogP contribution in [0.1, 0.15) is 41.6 Å². The molecule has 130 valence electrons. The van der Waals surface area contributed by atoms with Crippen molar-refractivity contribution >= 4 is 17.6 Å². The predicted molar refractivity (Wildman–Crippen MR) is 94.3 cm³/mol. The summed E-state index contributed by atoms with van der Waals surface area (Å²) in [5, 5.41) is 2.74. The first kappa shape index (κ1) is 16.6. The fourth-order valence-electron chi connectivity index (χ4n) is 3.65. The molecule has 2 aliphatic rings. The van der Waals surface area contributed by atoms with Gasteiger partial charge in [-0.3, -0.25) is 4.79 Å². The lowest BCUT2D eigenvalue weighted by Gasteiger charge is -2.33. The van der Waals surface area contributed by atoms with Gasteiger partial charge in [-0.15, -0.1) is 0 Å². The van der Waals surface area contributed by atoms with Gasteiger partial charge in [0.15, 0.2) is 0 Å². The van der Waals surface area contributed by atoms with Crippen molar-refractivity contribution < 1.29 is 9.59 Å². The van der Waals surface area contributed by atoms with Gasteiger partial charge < -0.3 is 20.9 Å². The maximum absolute atomic E-state index is 13.0. The van der Waals surface area contributed by atoms with E-state index < -0.39 is 6.03 Å². The molecule has 2 fully saturated rings. The molecule has 1 aromatic rings. The number of nitrogens with zero attached hydrogens (tertiary/aromatic N) is 2. The maximum atomic E-state index is 13.0. The van der Waals surface area contributed by atoms with E-state index in [-0.39, 0.29) is 11.9 Å². The first-order valence-corrected chi connectivity index (χ1v) is 8.75. The molecular weight excluding hydrogens is 304 g/mol. The molecule has 6 nitrogen and oxygen atoms in total. The van der Waals surface area contributed by atoms with E-state index in [4.69, 9.17) is 5.73 Å². The van der Waals surface area contributed by atoms with E-state index in [1.54, 1.807) is 0 Å². The van der Waals surface area contributed by atoms with Crippen molar-refractivity contribution in [2.24, 2.45) is 5.73 Å². The highest BCUT2D eigenvalue weighted by molar-refractivity contribution is 6.00. The number of anilines is 1. The third kappa shape index (κ3) is 3.63. The topological polar surface area (TPSA) is 78.7 Å². The lowest BCUT2D eigenvalue weighted by atomic mass is 10.0. The Labute approximate surface area is 143 Å². The van der Waals surface area contributed by atoms with Crippen molar-refractivity contribution in [1.29, 1.82) is 0 Å². The minimum atomic E-state index is -0.491. The number of hydrogen-bond donors (Lipinski definition) is 2. The first-order chi connectivity index (χ1) is 11.5. The number of urea groups is 1. The molecule has 0 aliphatic carbocycles. The molecule has 0 atom stereocenters. The smallest absolute Gasteiger partial charge is 0.312 e. The van der Waals surface area contributed by atoms with Crippen molar-refractivity contribution in [1.82, 2.24) is 10.2 Å². The molecular formula is C18H26N4O2. The Morgan fingerprint density at radius 3 is 2.42 bits per heavy atom. The third-order valence-corrected chi connectivity index (χ3v) is 4.96. The van der Waals surface area contributed by atoms with Crippen LogP contribution in [0.15, 0.2) is 18.2 Å². The molecule has 1 aromatic carbocycles. The molecule has 3 rings (SSSR count). The second kappa shape index (κ2) is 7.11. The van der Waals surface area contributed by atoms with Gasteiger partial charge in [-0.05, 0) is 44.7 Å². The number of hydrogen-bond acceptors (Lipinski definition) is 3. The summed E-state index contributed by atoms with van der Waals surface area (Å²) in [7, 11) is 0. The molecule has 0 bridgehead atoms. The van der Waals surface area contributed by atoms with Crippen LogP contribution in [0.5, 0.6) is 0 Å². The molecule has 0 spiro atoms. The number of nitrogens with two attached hydrogens (primary N) is 1. The number of benzene rings is 1. The normalized spacial score (nSPS) is 18.7. The SMILES string of the molecule is Cc1ccc(N2CCCC2)c(C(=O)N2CCC(NC(N)=O)CC2)c1. The van der Waals surface area contributed by atoms with Gasteiger partial charge in [-0.2, -0.15) is 0 Å². The molecule has 0 radical (unpaired) electrons. The molecule has 3 N–H and O–H groups in total. The second-order valence-corrected chi connectivity index (χ2v) is 6.79. The summed E-state index contributed by atoms with van der Waals surface area (Å²) < 4.78 is 0. The van der Waals surface area contributed by atoms with Crippen LogP contribution >= 0.6 is 0 Å². The standard InChI is InChI=1S/C18H26N4O2/c1-13-4-5-16(21-8-2-3-9-21)15(12-13)17(23)22-10-6-14(7-11-22)20-18(19)24/h4-5,12,14H,2-3,6-11H2,1H3,(H3,19,20,24). The summed E-state index contributed by atoms with van der Waals surface area (Å²) in [5.41, 5.74) is 8.14. The highest BCUT2D eigenvalue weighted by Gasteiger charge is 2.27. The number of primary amides is 1. The van der Waals surface area contributed by atoms with E-state index >= 15 is 0 Å². The maximum Gasteiger partial charge on any atom is 0.312 e. The van der Waals surface area contributed by atoms with Crippen molar-refractivity contribution in [3.8, 4) is 0 Å². The van der Waals surface area contributed by atoms with Gasteiger partial charge in [0.1, 0.15) is 0 Å². The second-order valence-electron chi connectivity index (χ2n) is 6.79. The van der Waals surface area contributed by atoms with Crippen molar-refractivity contribution in [3.05, 3.63) is 29.3 Å². The van der Waals surface area contributed by atoms with Gasteiger partial charge in [0.2, 0.25) is 0 Å². The van der Waals surface area contributed by atoms with E-state index in [1.165, 1.54) is 12.8 Å². The average Bonchev–Trinajstić information content (AvgIpc) is 3.08. The lowest BCUT2D eigenvalue weighted by Crippen LogP contribution is -2.48. The minimum Gasteiger partial charge on any atom is -0.371 e. The largest absolute Gasteiger partial charge is 0.371 e. The van der Waals surface area contributed by atoms with E-state index in [9.17, 15) is 9.59 Å². The van der Waals surface area contributed by atoms with Crippen LogP contribution < -0.4 is 16.0 Å². The van der Waals surface area contributed by atoms with Crippen molar-refractivity contribution in [2.45, 2.75) is 38.6 Å². The Balaban J connectivity index is 1.73. The Morgan fingerprint density at radius 2 is 1.79 bits per heavy atom. The highest BCUT2D eigenvalue weighted by Crippen LogP contribution is 2.27. The van der Waals surface area contributed by atoms with Crippen LogP contribution in [-0.4, -0.2) is 49.1 Å². The summed E-state index contributed by atoms with van der Waals surface area (Å²) in [6, 6.07) is 5.74. The zero-order valence-corrected chi connectivity index (χ0v) is 14.3. The van der Waals surface area contributed by atoms with Crippen LogP contribution in [0.2, 0.25) is 0 Å². The predicted octanol–water partition coefficient (Wildman–Crippen LogP) is 1.87. The molecule has 0 saturated carbocycles. The number of carbonyl (C=O) groups excluding carboxylic acids is 2. The Morgan fingerprint density at radius 1 is 1.12 bits per heavy atom.